The number of anilines is 1. The molecule has 2 bridgehead atoms. The Kier molecular flexibility index (Phi) is 3.87. The highest BCUT2D eigenvalue weighted by Crippen LogP contribution is 2.68. The van der Waals surface area contributed by atoms with Crippen LogP contribution >= 0.6 is 11.8 Å². The second-order valence-corrected chi connectivity index (χ2v) is 8.97. The zero-order chi connectivity index (χ0) is 19.6. The number of fused-ring (bicyclic) bond motifs is 8. The van der Waals surface area contributed by atoms with Gasteiger partial charge in [-0.3, -0.25) is 14.5 Å². The molecular formula is C22H22N2O3S. The minimum absolute atomic E-state index is 0.0556. The molecule has 28 heavy (non-hydrogen) atoms. The zero-order valence-electron chi connectivity index (χ0n) is 16.1. The van der Waals surface area contributed by atoms with E-state index in [2.05, 4.69) is 31.0 Å². The molecule has 6 heteroatoms. The molecule has 5 rings (SSSR count). The van der Waals surface area contributed by atoms with Gasteiger partial charge in [-0.15, -0.1) is 11.8 Å². The number of methoxy groups -OCH3 is 1. The molecule has 144 valence electrons. The van der Waals surface area contributed by atoms with Crippen LogP contribution < -0.4 is 9.64 Å². The van der Waals surface area contributed by atoms with Crippen LogP contribution in [0, 0.1) is 11.8 Å². The summed E-state index contributed by atoms with van der Waals surface area (Å²) in [7, 11) is 3.66. The summed E-state index contributed by atoms with van der Waals surface area (Å²) in [5.41, 5.74) is 2.99. The van der Waals surface area contributed by atoms with Crippen LogP contribution in [0.5, 0.6) is 5.75 Å². The summed E-state index contributed by atoms with van der Waals surface area (Å²) in [4.78, 5) is 30.3. The van der Waals surface area contributed by atoms with Gasteiger partial charge in [-0.1, -0.05) is 31.2 Å². The number of benzene rings is 2. The molecule has 2 aromatic rings. The van der Waals surface area contributed by atoms with E-state index in [0.717, 1.165) is 5.75 Å². The van der Waals surface area contributed by atoms with Crippen molar-refractivity contribution >= 4 is 29.3 Å². The number of nitrogens with zero attached hydrogens (tertiary/aromatic N) is 2. The van der Waals surface area contributed by atoms with Crippen molar-refractivity contribution in [3.63, 3.8) is 0 Å². The molecule has 2 aromatic carbocycles. The first-order valence-corrected chi connectivity index (χ1v) is 10.5. The van der Waals surface area contributed by atoms with Gasteiger partial charge in [0, 0.05) is 6.04 Å². The lowest BCUT2D eigenvalue weighted by atomic mass is 9.77. The van der Waals surface area contributed by atoms with Gasteiger partial charge >= 0.3 is 0 Å². The maximum absolute atomic E-state index is 13.6. The van der Waals surface area contributed by atoms with E-state index in [9.17, 15) is 9.59 Å². The van der Waals surface area contributed by atoms with Crippen LogP contribution in [0.2, 0.25) is 0 Å². The quantitative estimate of drug-likeness (QED) is 0.744. The fourth-order valence-corrected chi connectivity index (χ4v) is 6.93. The summed E-state index contributed by atoms with van der Waals surface area (Å²) < 4.78 is 5.21. The van der Waals surface area contributed by atoms with Gasteiger partial charge in [-0.2, -0.15) is 0 Å². The number of thioether (sulfide) groups is 1. The number of ether oxygens (including phenoxy) is 1. The van der Waals surface area contributed by atoms with Crippen LogP contribution in [-0.2, 0) is 14.5 Å². The lowest BCUT2D eigenvalue weighted by molar-refractivity contribution is -0.124. The van der Waals surface area contributed by atoms with Crippen molar-refractivity contribution in [2.45, 2.75) is 17.8 Å². The van der Waals surface area contributed by atoms with Crippen LogP contribution in [0.3, 0.4) is 0 Å². The van der Waals surface area contributed by atoms with E-state index in [1.165, 1.54) is 16.0 Å². The number of carbonyl (C=O) groups is 2. The summed E-state index contributed by atoms with van der Waals surface area (Å²) in [5, 5.41) is 0. The van der Waals surface area contributed by atoms with Gasteiger partial charge < -0.3 is 4.74 Å². The van der Waals surface area contributed by atoms with E-state index in [1.807, 2.05) is 12.1 Å². The largest absolute Gasteiger partial charge is 0.497 e. The molecule has 0 radical (unpaired) electrons. The Hall–Kier alpha value is -2.31. The molecule has 2 fully saturated rings. The van der Waals surface area contributed by atoms with Gasteiger partial charge in [-0.05, 0) is 48.2 Å². The number of imide groups is 1. The third-order valence-corrected chi connectivity index (χ3v) is 7.91. The monoisotopic (exact) mass is 394 g/mol. The van der Waals surface area contributed by atoms with Gasteiger partial charge in [0.25, 0.3) is 0 Å². The van der Waals surface area contributed by atoms with Crippen LogP contribution in [0.4, 0.5) is 5.69 Å². The molecule has 3 aliphatic heterocycles. The molecule has 2 saturated heterocycles. The van der Waals surface area contributed by atoms with E-state index >= 15 is 0 Å². The summed E-state index contributed by atoms with van der Waals surface area (Å²) in [6, 6.07) is 15.4. The minimum Gasteiger partial charge on any atom is -0.497 e. The van der Waals surface area contributed by atoms with Crippen LogP contribution in [0.1, 0.15) is 24.1 Å². The molecule has 0 aromatic heterocycles. The second-order valence-electron chi connectivity index (χ2n) is 7.49. The van der Waals surface area contributed by atoms with Crippen molar-refractivity contribution in [3.05, 3.63) is 59.7 Å². The van der Waals surface area contributed by atoms with Gasteiger partial charge in [0.2, 0.25) is 11.8 Å². The van der Waals surface area contributed by atoms with Gasteiger partial charge in [0.05, 0.1) is 24.6 Å². The normalized spacial score (nSPS) is 30.7. The Balaban J connectivity index is 1.64. The predicted molar refractivity (Wildman–Crippen MR) is 109 cm³/mol. The van der Waals surface area contributed by atoms with E-state index in [4.69, 9.17) is 4.74 Å². The molecule has 3 heterocycles. The molecule has 0 spiro atoms. The topological polar surface area (TPSA) is 49.9 Å². The van der Waals surface area contributed by atoms with Crippen molar-refractivity contribution in [2.75, 3.05) is 24.8 Å². The van der Waals surface area contributed by atoms with Gasteiger partial charge in [0.15, 0.2) is 0 Å². The van der Waals surface area contributed by atoms with Crippen LogP contribution in [0.25, 0.3) is 0 Å². The molecule has 3 aliphatic rings. The lowest BCUT2D eigenvalue weighted by Crippen LogP contribution is -2.43. The summed E-state index contributed by atoms with van der Waals surface area (Å²) in [6.07, 6.45) is 0. The maximum Gasteiger partial charge on any atom is 0.240 e. The first kappa shape index (κ1) is 17.8. The number of amides is 2. The van der Waals surface area contributed by atoms with E-state index in [1.54, 1.807) is 43.1 Å². The Morgan fingerprint density at radius 1 is 1.07 bits per heavy atom. The van der Waals surface area contributed by atoms with Crippen molar-refractivity contribution in [2.24, 2.45) is 11.8 Å². The molecule has 0 unspecified atom stereocenters. The predicted octanol–water partition coefficient (Wildman–Crippen LogP) is 3.41. The minimum atomic E-state index is -0.478. The molecule has 0 saturated carbocycles. The van der Waals surface area contributed by atoms with E-state index in [0.29, 0.717) is 11.4 Å². The molecular weight excluding hydrogens is 372 g/mol. The highest BCUT2D eigenvalue weighted by molar-refractivity contribution is 8.00. The first-order valence-electron chi connectivity index (χ1n) is 9.54. The molecule has 0 N–H and O–H groups in total. The summed E-state index contributed by atoms with van der Waals surface area (Å²) in [5.74, 6) is 0.687. The van der Waals surface area contributed by atoms with Crippen LogP contribution in [0.15, 0.2) is 48.5 Å². The average Bonchev–Trinajstić information content (AvgIpc) is 3.23. The Morgan fingerprint density at radius 3 is 2.46 bits per heavy atom. The van der Waals surface area contributed by atoms with Crippen molar-refractivity contribution < 1.29 is 14.3 Å². The first-order chi connectivity index (χ1) is 13.6. The van der Waals surface area contributed by atoms with Gasteiger partial charge in [0.1, 0.15) is 10.6 Å². The lowest BCUT2D eigenvalue weighted by Gasteiger charge is -2.37. The zero-order valence-corrected chi connectivity index (χ0v) is 16.9. The highest BCUT2D eigenvalue weighted by atomic mass is 32.2. The number of carbonyl (C=O) groups excluding carboxylic acids is 2. The van der Waals surface area contributed by atoms with Gasteiger partial charge in [-0.25, -0.2) is 4.90 Å². The number of hydrogen-bond acceptors (Lipinski definition) is 5. The standard InChI is InChI=1S/C22H22N2O3S/c1-4-28-22-16-8-6-5-7-15(16)19(23(22)2)17-18(22)21(26)24(20(17)25)13-9-11-14(27-3)12-10-13/h5-12,17-19H,4H2,1-3H3/t17-,18-,19-,22-/m0/s1. The smallest absolute Gasteiger partial charge is 0.240 e. The van der Waals surface area contributed by atoms with Crippen molar-refractivity contribution in [1.82, 2.24) is 4.90 Å². The molecule has 4 atom stereocenters. The third-order valence-electron chi connectivity index (χ3n) is 6.41. The maximum atomic E-state index is 13.6. The highest BCUT2D eigenvalue weighted by Gasteiger charge is 2.73. The van der Waals surface area contributed by atoms with Crippen molar-refractivity contribution in [1.29, 1.82) is 0 Å². The Bertz CT molecular complexity index is 976. The molecule has 0 aliphatic carbocycles. The second kappa shape index (κ2) is 6.09. The molecule has 5 nitrogen and oxygen atoms in total. The fraction of sp³-hybridized carbons (Fsp3) is 0.364. The van der Waals surface area contributed by atoms with Crippen molar-refractivity contribution in [3.8, 4) is 5.75 Å². The average molecular weight is 394 g/mol. The van der Waals surface area contributed by atoms with Crippen LogP contribution in [-0.4, -0.2) is 36.6 Å². The summed E-state index contributed by atoms with van der Waals surface area (Å²) in [6.45, 7) is 2.11. The SMILES string of the molecule is CCS[C@@]12c3ccccc3[C@@H]([C@H]3C(=O)N(c4ccc(OC)cc4)C(=O)[C@H]31)N2C. The Labute approximate surface area is 168 Å². The Morgan fingerprint density at radius 2 is 1.79 bits per heavy atom. The summed E-state index contributed by atoms with van der Waals surface area (Å²) >= 11 is 1.77. The number of hydrogen-bond donors (Lipinski definition) is 0. The van der Waals surface area contributed by atoms with E-state index < -0.39 is 4.87 Å². The molecule has 2 amide bonds. The van der Waals surface area contributed by atoms with E-state index in [-0.39, 0.29) is 29.7 Å². The number of rotatable bonds is 4. The fourth-order valence-electron chi connectivity index (χ4n) is 5.40. The third kappa shape index (κ3) is 1.97.